The normalized spacial score (nSPS) is 17.0. The molecule has 2 aromatic rings. The van der Waals surface area contributed by atoms with Crippen LogP contribution >= 0.6 is 11.6 Å². The van der Waals surface area contributed by atoms with Crippen LogP contribution in [0.15, 0.2) is 47.5 Å². The van der Waals surface area contributed by atoms with E-state index in [1.807, 2.05) is 36.4 Å². The average Bonchev–Trinajstić information content (AvgIpc) is 2.72. The number of aliphatic imine (C=N–C) groups is 1. The Morgan fingerprint density at radius 2 is 1.82 bits per heavy atom. The van der Waals surface area contributed by atoms with E-state index in [0.29, 0.717) is 0 Å². The minimum absolute atomic E-state index is 0.731. The van der Waals surface area contributed by atoms with E-state index in [-0.39, 0.29) is 0 Å². The fourth-order valence-electron chi connectivity index (χ4n) is 2.92. The van der Waals surface area contributed by atoms with Crippen LogP contribution < -0.4 is 10.6 Å². The van der Waals surface area contributed by atoms with Gasteiger partial charge in [-0.25, -0.2) is 4.99 Å². The van der Waals surface area contributed by atoms with Gasteiger partial charge < -0.3 is 15.5 Å². The predicted molar refractivity (Wildman–Crippen MR) is 91.8 cm³/mol. The van der Waals surface area contributed by atoms with E-state index >= 15 is 0 Å². The van der Waals surface area contributed by atoms with Gasteiger partial charge in [-0.3, -0.25) is 0 Å². The van der Waals surface area contributed by atoms with Gasteiger partial charge in [0.2, 0.25) is 0 Å². The van der Waals surface area contributed by atoms with Crippen LogP contribution in [0.2, 0.25) is 5.02 Å². The number of nitrogens with one attached hydrogen (secondary N) is 2. The molecular weight excluding hydrogens is 296 g/mol. The summed E-state index contributed by atoms with van der Waals surface area (Å²) >= 11 is 6.23. The van der Waals surface area contributed by atoms with Crippen LogP contribution in [0.1, 0.15) is 5.56 Å². The summed E-state index contributed by atoms with van der Waals surface area (Å²) in [7, 11) is 0. The smallest absolute Gasteiger partial charge is 0.138 e. The Kier molecular flexibility index (Phi) is 3.48. The molecule has 0 radical (unpaired) electrons. The fraction of sp³-hybridized carbons (Fsp3) is 0.235. The number of fused-ring (bicyclic) bond motifs is 2. The summed E-state index contributed by atoms with van der Waals surface area (Å²) in [5.74, 6) is 0.997. The summed E-state index contributed by atoms with van der Waals surface area (Å²) in [4.78, 5) is 7.27. The Bertz CT molecular complexity index is 735. The van der Waals surface area contributed by atoms with Gasteiger partial charge in [0.05, 0.1) is 11.4 Å². The Labute approximate surface area is 134 Å². The van der Waals surface area contributed by atoms with Gasteiger partial charge in [-0.15, -0.1) is 0 Å². The molecule has 4 rings (SSSR count). The van der Waals surface area contributed by atoms with E-state index in [1.54, 1.807) is 0 Å². The SMILES string of the molecule is Clc1ccc2c(c1)C(N1CCNCC1)=Nc1ccccc1N2. The average molecular weight is 313 g/mol. The summed E-state index contributed by atoms with van der Waals surface area (Å²) in [6.07, 6.45) is 0. The second-order valence-electron chi connectivity index (χ2n) is 5.50. The summed E-state index contributed by atoms with van der Waals surface area (Å²) in [5.41, 5.74) is 4.09. The minimum Gasteiger partial charge on any atom is -0.353 e. The summed E-state index contributed by atoms with van der Waals surface area (Å²) in [6, 6.07) is 14.1. The first-order chi connectivity index (χ1) is 10.8. The van der Waals surface area contributed by atoms with Crippen LogP contribution in [-0.4, -0.2) is 36.9 Å². The second-order valence-corrected chi connectivity index (χ2v) is 5.94. The van der Waals surface area contributed by atoms with E-state index in [9.17, 15) is 0 Å². The minimum atomic E-state index is 0.731. The highest BCUT2D eigenvalue weighted by molar-refractivity contribution is 6.31. The molecule has 0 amide bonds. The third-order valence-electron chi connectivity index (χ3n) is 4.04. The number of hydrogen-bond acceptors (Lipinski definition) is 4. The molecule has 0 aromatic heterocycles. The van der Waals surface area contributed by atoms with Gasteiger partial charge in [-0.2, -0.15) is 0 Å². The van der Waals surface area contributed by atoms with Crippen LogP contribution in [0.5, 0.6) is 0 Å². The lowest BCUT2D eigenvalue weighted by atomic mass is 10.1. The molecule has 0 saturated carbocycles. The number of hydrogen-bond donors (Lipinski definition) is 2. The quantitative estimate of drug-likeness (QED) is 0.783. The van der Waals surface area contributed by atoms with Crippen molar-refractivity contribution in [3.05, 3.63) is 53.1 Å². The Morgan fingerprint density at radius 1 is 1.00 bits per heavy atom. The second kappa shape index (κ2) is 5.63. The van der Waals surface area contributed by atoms with Gasteiger partial charge in [0.25, 0.3) is 0 Å². The zero-order chi connectivity index (χ0) is 14.9. The maximum Gasteiger partial charge on any atom is 0.138 e. The van der Waals surface area contributed by atoms with Crippen molar-refractivity contribution in [3.63, 3.8) is 0 Å². The van der Waals surface area contributed by atoms with Crippen LogP contribution in [0.25, 0.3) is 0 Å². The first kappa shape index (κ1) is 13.6. The first-order valence-corrected chi connectivity index (χ1v) is 7.89. The van der Waals surface area contributed by atoms with Crippen LogP contribution in [0.4, 0.5) is 17.1 Å². The molecule has 22 heavy (non-hydrogen) atoms. The zero-order valence-corrected chi connectivity index (χ0v) is 12.9. The Balaban J connectivity index is 1.88. The van der Waals surface area contributed by atoms with Gasteiger partial charge in [0.15, 0.2) is 0 Å². The molecule has 2 N–H and O–H groups in total. The third kappa shape index (κ3) is 2.45. The van der Waals surface area contributed by atoms with Gasteiger partial charge in [-0.05, 0) is 30.3 Å². The van der Waals surface area contributed by atoms with Gasteiger partial charge in [-0.1, -0.05) is 23.7 Å². The Morgan fingerprint density at radius 3 is 2.68 bits per heavy atom. The maximum atomic E-state index is 6.23. The molecule has 0 aliphatic carbocycles. The highest BCUT2D eigenvalue weighted by atomic mass is 35.5. The lowest BCUT2D eigenvalue weighted by Crippen LogP contribution is -2.46. The summed E-state index contributed by atoms with van der Waals surface area (Å²) < 4.78 is 0. The van der Waals surface area contributed by atoms with E-state index in [0.717, 1.165) is 59.7 Å². The lowest BCUT2D eigenvalue weighted by molar-refractivity contribution is 0.358. The standard InChI is InChI=1S/C17H17ClN4/c18-12-5-6-14-13(11-12)17(22-9-7-19-8-10-22)21-16-4-2-1-3-15(16)20-14/h1-6,11,19-20H,7-10H2. The van der Waals surface area contributed by atoms with Crippen molar-refractivity contribution in [3.8, 4) is 0 Å². The van der Waals surface area contributed by atoms with E-state index in [2.05, 4.69) is 21.6 Å². The molecule has 0 atom stereocenters. The van der Waals surface area contributed by atoms with Gasteiger partial charge in [0, 0.05) is 42.5 Å². The zero-order valence-electron chi connectivity index (χ0n) is 12.1. The molecule has 2 aliphatic heterocycles. The van der Waals surface area contributed by atoms with Crippen molar-refractivity contribution in [2.45, 2.75) is 0 Å². The molecule has 1 fully saturated rings. The first-order valence-electron chi connectivity index (χ1n) is 7.51. The molecule has 0 bridgehead atoms. The van der Waals surface area contributed by atoms with E-state index in [1.165, 1.54) is 0 Å². The maximum absolute atomic E-state index is 6.23. The molecular formula is C17H17ClN4. The molecule has 1 saturated heterocycles. The van der Waals surface area contributed by atoms with Crippen LogP contribution in [0.3, 0.4) is 0 Å². The highest BCUT2D eigenvalue weighted by Crippen LogP contribution is 2.35. The highest BCUT2D eigenvalue weighted by Gasteiger charge is 2.22. The molecule has 5 heteroatoms. The molecule has 0 unspecified atom stereocenters. The van der Waals surface area contributed by atoms with Crippen molar-refractivity contribution in [1.29, 1.82) is 0 Å². The number of amidine groups is 1. The summed E-state index contributed by atoms with van der Waals surface area (Å²) in [6.45, 7) is 3.86. The van der Waals surface area contributed by atoms with Crippen LogP contribution in [-0.2, 0) is 0 Å². The lowest BCUT2D eigenvalue weighted by Gasteiger charge is -2.30. The number of piperazine rings is 1. The fourth-order valence-corrected chi connectivity index (χ4v) is 3.10. The van der Waals surface area contributed by atoms with Crippen molar-refractivity contribution < 1.29 is 0 Å². The van der Waals surface area contributed by atoms with E-state index in [4.69, 9.17) is 16.6 Å². The van der Waals surface area contributed by atoms with Gasteiger partial charge >= 0.3 is 0 Å². The third-order valence-corrected chi connectivity index (χ3v) is 4.27. The number of benzene rings is 2. The van der Waals surface area contributed by atoms with Crippen molar-refractivity contribution in [2.75, 3.05) is 31.5 Å². The molecule has 4 nitrogen and oxygen atoms in total. The van der Waals surface area contributed by atoms with Crippen molar-refractivity contribution in [1.82, 2.24) is 10.2 Å². The number of halogens is 1. The van der Waals surface area contributed by atoms with E-state index < -0.39 is 0 Å². The molecule has 2 aromatic carbocycles. The largest absolute Gasteiger partial charge is 0.353 e. The molecule has 0 spiro atoms. The predicted octanol–water partition coefficient (Wildman–Crippen LogP) is 3.38. The number of anilines is 2. The number of nitrogens with zero attached hydrogens (tertiary/aromatic N) is 2. The van der Waals surface area contributed by atoms with Crippen molar-refractivity contribution in [2.24, 2.45) is 4.99 Å². The van der Waals surface area contributed by atoms with Crippen molar-refractivity contribution >= 4 is 34.5 Å². The topological polar surface area (TPSA) is 39.7 Å². The van der Waals surface area contributed by atoms with Gasteiger partial charge in [0.1, 0.15) is 5.84 Å². The molecule has 2 aliphatic rings. The number of rotatable bonds is 0. The number of para-hydroxylation sites is 2. The molecule has 2 heterocycles. The molecule has 112 valence electrons. The summed E-state index contributed by atoms with van der Waals surface area (Å²) in [5, 5.41) is 7.60. The van der Waals surface area contributed by atoms with Crippen LogP contribution in [0, 0.1) is 0 Å². The monoisotopic (exact) mass is 312 g/mol. The Hall–Kier alpha value is -2.04.